The fourth-order valence-corrected chi connectivity index (χ4v) is 1.05. The molecule has 1 aromatic carbocycles. The number of benzene rings is 1. The summed E-state index contributed by atoms with van der Waals surface area (Å²) in [5.41, 5.74) is 1.58. The third kappa shape index (κ3) is 1.86. The van der Waals surface area contributed by atoms with Crippen LogP contribution < -0.4 is 5.48 Å². The van der Waals surface area contributed by atoms with E-state index in [4.69, 9.17) is 5.21 Å². The van der Waals surface area contributed by atoms with Crippen molar-refractivity contribution in [3.8, 4) is 0 Å². The van der Waals surface area contributed by atoms with Crippen molar-refractivity contribution in [2.75, 3.05) is 0 Å². The average Bonchev–Trinajstić information content (AvgIpc) is 2.16. The van der Waals surface area contributed by atoms with Crippen molar-refractivity contribution in [3.05, 3.63) is 39.4 Å². The monoisotopic (exact) mass is 196 g/mol. The van der Waals surface area contributed by atoms with Crippen LogP contribution in [0.3, 0.4) is 0 Å². The topological polar surface area (TPSA) is 92.5 Å². The minimum absolute atomic E-state index is 0.155. The van der Waals surface area contributed by atoms with Crippen molar-refractivity contribution < 1.29 is 14.9 Å². The van der Waals surface area contributed by atoms with E-state index in [0.29, 0.717) is 5.56 Å². The fraction of sp³-hybridized carbons (Fsp3) is 0.125. The minimum Gasteiger partial charge on any atom is -0.288 e. The van der Waals surface area contributed by atoms with Crippen LogP contribution in [0.25, 0.3) is 0 Å². The Bertz CT molecular complexity index is 389. The number of carbonyl (C=O) groups excluding carboxylic acids is 1. The van der Waals surface area contributed by atoms with Gasteiger partial charge in [-0.25, -0.2) is 5.48 Å². The third-order valence-electron chi connectivity index (χ3n) is 1.69. The van der Waals surface area contributed by atoms with Gasteiger partial charge >= 0.3 is 0 Å². The van der Waals surface area contributed by atoms with Gasteiger partial charge < -0.3 is 0 Å². The van der Waals surface area contributed by atoms with Gasteiger partial charge in [-0.3, -0.25) is 20.1 Å². The molecule has 1 aromatic rings. The van der Waals surface area contributed by atoms with Crippen molar-refractivity contribution in [3.63, 3.8) is 0 Å². The van der Waals surface area contributed by atoms with E-state index in [0.717, 1.165) is 0 Å². The van der Waals surface area contributed by atoms with Gasteiger partial charge in [0.15, 0.2) is 0 Å². The summed E-state index contributed by atoms with van der Waals surface area (Å²) in [5, 5.41) is 18.9. The molecular weight excluding hydrogens is 188 g/mol. The predicted molar refractivity (Wildman–Crippen MR) is 47.1 cm³/mol. The first-order valence-electron chi connectivity index (χ1n) is 3.75. The molecular formula is C8H8N2O4. The first-order chi connectivity index (χ1) is 6.56. The average molecular weight is 196 g/mol. The number of hydrogen-bond acceptors (Lipinski definition) is 4. The number of carbonyl (C=O) groups is 1. The van der Waals surface area contributed by atoms with Crippen LogP contribution in [0.4, 0.5) is 5.69 Å². The second-order valence-electron chi connectivity index (χ2n) is 2.72. The molecule has 74 valence electrons. The SMILES string of the molecule is Cc1ccc([N+](=O)[O-])c(C(=O)NO)c1. The molecule has 0 aromatic heterocycles. The molecule has 6 heteroatoms. The zero-order valence-corrected chi connectivity index (χ0v) is 7.35. The molecule has 0 saturated carbocycles. The zero-order chi connectivity index (χ0) is 10.7. The largest absolute Gasteiger partial charge is 0.288 e. The van der Waals surface area contributed by atoms with E-state index < -0.39 is 10.8 Å². The van der Waals surface area contributed by atoms with Crippen LogP contribution >= 0.6 is 0 Å². The summed E-state index contributed by atoms with van der Waals surface area (Å²) < 4.78 is 0. The molecule has 14 heavy (non-hydrogen) atoms. The van der Waals surface area contributed by atoms with Crippen LogP contribution in [-0.2, 0) is 0 Å². The Morgan fingerprint density at radius 2 is 2.21 bits per heavy atom. The summed E-state index contributed by atoms with van der Waals surface area (Å²) in [7, 11) is 0. The van der Waals surface area contributed by atoms with Gasteiger partial charge in [0.25, 0.3) is 11.6 Å². The number of rotatable bonds is 2. The number of hydroxylamine groups is 1. The van der Waals surface area contributed by atoms with Gasteiger partial charge in [-0.15, -0.1) is 0 Å². The lowest BCUT2D eigenvalue weighted by molar-refractivity contribution is -0.385. The van der Waals surface area contributed by atoms with Crippen LogP contribution in [0.2, 0.25) is 0 Å². The van der Waals surface area contributed by atoms with Crippen LogP contribution in [0.5, 0.6) is 0 Å². The van der Waals surface area contributed by atoms with E-state index in [9.17, 15) is 14.9 Å². The molecule has 1 rings (SSSR count). The number of nitro groups is 1. The predicted octanol–water partition coefficient (Wildman–Crippen LogP) is 1.02. The molecule has 6 nitrogen and oxygen atoms in total. The van der Waals surface area contributed by atoms with E-state index in [1.165, 1.54) is 23.7 Å². The summed E-state index contributed by atoms with van der Waals surface area (Å²) in [6.45, 7) is 1.69. The Labute approximate surface area is 79.3 Å². The molecule has 0 bridgehead atoms. The first kappa shape index (κ1) is 10.1. The van der Waals surface area contributed by atoms with Gasteiger partial charge in [0.2, 0.25) is 0 Å². The van der Waals surface area contributed by atoms with E-state index in [-0.39, 0.29) is 11.3 Å². The highest BCUT2D eigenvalue weighted by Crippen LogP contribution is 2.19. The molecule has 0 aliphatic heterocycles. The van der Waals surface area contributed by atoms with Crippen LogP contribution in [-0.4, -0.2) is 16.0 Å². The highest BCUT2D eigenvalue weighted by molar-refractivity contribution is 5.97. The summed E-state index contributed by atoms with van der Waals surface area (Å²) in [4.78, 5) is 20.8. The number of hydrogen-bond donors (Lipinski definition) is 2. The summed E-state index contributed by atoms with van der Waals surface area (Å²) in [6, 6.07) is 4.08. The van der Waals surface area contributed by atoms with Crippen molar-refractivity contribution in [2.45, 2.75) is 6.92 Å². The van der Waals surface area contributed by atoms with E-state index >= 15 is 0 Å². The van der Waals surface area contributed by atoms with Crippen LogP contribution in [0, 0.1) is 17.0 Å². The minimum atomic E-state index is -0.889. The van der Waals surface area contributed by atoms with Crippen molar-refractivity contribution in [2.24, 2.45) is 0 Å². The Morgan fingerprint density at radius 1 is 1.57 bits per heavy atom. The number of amides is 1. The molecule has 0 saturated heterocycles. The molecule has 0 atom stereocenters. The summed E-state index contributed by atoms with van der Waals surface area (Å²) >= 11 is 0. The van der Waals surface area contributed by atoms with E-state index in [1.54, 1.807) is 6.92 Å². The van der Waals surface area contributed by atoms with Crippen LogP contribution in [0.15, 0.2) is 18.2 Å². The quantitative estimate of drug-likeness (QED) is 0.419. The Hall–Kier alpha value is -1.95. The second kappa shape index (κ2) is 3.84. The van der Waals surface area contributed by atoms with Gasteiger partial charge in [-0.05, 0) is 18.6 Å². The molecule has 0 heterocycles. The maximum atomic E-state index is 11.0. The fourth-order valence-electron chi connectivity index (χ4n) is 1.05. The van der Waals surface area contributed by atoms with Gasteiger partial charge in [0, 0.05) is 6.07 Å². The molecule has 0 aliphatic rings. The first-order valence-corrected chi connectivity index (χ1v) is 3.75. The maximum Gasteiger partial charge on any atom is 0.282 e. The van der Waals surface area contributed by atoms with Gasteiger partial charge in [-0.1, -0.05) is 6.07 Å². The number of nitrogens with one attached hydrogen (secondary N) is 1. The van der Waals surface area contributed by atoms with Gasteiger partial charge in [0.05, 0.1) is 4.92 Å². The standard InChI is InChI=1S/C8H8N2O4/c1-5-2-3-7(10(13)14)6(4-5)8(11)9-12/h2-4,12H,1H3,(H,9,11). The van der Waals surface area contributed by atoms with Crippen molar-refractivity contribution >= 4 is 11.6 Å². The summed E-state index contributed by atoms with van der Waals surface area (Å²) in [6.07, 6.45) is 0. The number of nitro benzene ring substituents is 1. The maximum absolute atomic E-state index is 11.0. The molecule has 0 spiro atoms. The lowest BCUT2D eigenvalue weighted by atomic mass is 10.1. The van der Waals surface area contributed by atoms with Crippen molar-refractivity contribution in [1.82, 2.24) is 5.48 Å². The van der Waals surface area contributed by atoms with Crippen LogP contribution in [0.1, 0.15) is 15.9 Å². The molecule has 0 fully saturated rings. The number of nitrogens with zero attached hydrogens (tertiary/aromatic N) is 1. The Morgan fingerprint density at radius 3 is 2.71 bits per heavy atom. The Kier molecular flexibility index (Phi) is 2.78. The third-order valence-corrected chi connectivity index (χ3v) is 1.69. The lowest BCUT2D eigenvalue weighted by Crippen LogP contribution is -2.20. The smallest absolute Gasteiger partial charge is 0.282 e. The number of aryl methyl sites for hydroxylation is 1. The molecule has 1 amide bonds. The van der Waals surface area contributed by atoms with E-state index in [1.807, 2.05) is 0 Å². The lowest BCUT2D eigenvalue weighted by Gasteiger charge is -2.01. The van der Waals surface area contributed by atoms with E-state index in [2.05, 4.69) is 0 Å². The second-order valence-corrected chi connectivity index (χ2v) is 2.72. The summed E-state index contributed by atoms with van der Waals surface area (Å²) in [5.74, 6) is -0.889. The van der Waals surface area contributed by atoms with Gasteiger partial charge in [0.1, 0.15) is 5.56 Å². The molecule has 0 unspecified atom stereocenters. The highest BCUT2D eigenvalue weighted by Gasteiger charge is 2.19. The molecule has 0 aliphatic carbocycles. The molecule has 0 radical (unpaired) electrons. The zero-order valence-electron chi connectivity index (χ0n) is 7.35. The molecule has 2 N–H and O–H groups in total. The Balaban J connectivity index is 3.29. The normalized spacial score (nSPS) is 9.57. The highest BCUT2D eigenvalue weighted by atomic mass is 16.6. The van der Waals surface area contributed by atoms with Crippen molar-refractivity contribution in [1.29, 1.82) is 0 Å². The van der Waals surface area contributed by atoms with Gasteiger partial charge in [-0.2, -0.15) is 0 Å².